The number of rotatable bonds is 5. The molecule has 5 heteroatoms. The van der Waals surface area contributed by atoms with E-state index in [-0.39, 0.29) is 11.9 Å². The number of anilines is 1. The Hall–Kier alpha value is -1.95. The molecule has 0 saturated carbocycles. The highest BCUT2D eigenvalue weighted by Gasteiger charge is 2.35. The summed E-state index contributed by atoms with van der Waals surface area (Å²) in [4.78, 5) is 17.1. The Bertz CT molecular complexity index is 930. The first-order valence-electron chi connectivity index (χ1n) is 9.50. The van der Waals surface area contributed by atoms with Gasteiger partial charge in [-0.2, -0.15) is 0 Å². The Balaban J connectivity index is 1.56. The second-order valence-electron chi connectivity index (χ2n) is 7.09. The van der Waals surface area contributed by atoms with Gasteiger partial charge in [0.05, 0.1) is 11.4 Å². The molecule has 3 heterocycles. The molecular weight excluding hydrogens is 372 g/mol. The van der Waals surface area contributed by atoms with Gasteiger partial charge in [-0.25, -0.2) is 0 Å². The molecule has 2 aromatic heterocycles. The Morgan fingerprint density at radius 2 is 2.07 bits per heavy atom. The van der Waals surface area contributed by atoms with Crippen LogP contribution in [0, 0.1) is 6.92 Å². The third kappa shape index (κ3) is 3.72. The van der Waals surface area contributed by atoms with Gasteiger partial charge in [0.1, 0.15) is 6.04 Å². The van der Waals surface area contributed by atoms with E-state index in [1.54, 1.807) is 11.3 Å². The third-order valence-corrected chi connectivity index (χ3v) is 7.33. The summed E-state index contributed by atoms with van der Waals surface area (Å²) in [6, 6.07) is 13.1. The van der Waals surface area contributed by atoms with Crippen molar-refractivity contribution in [2.75, 3.05) is 18.4 Å². The van der Waals surface area contributed by atoms with E-state index in [0.29, 0.717) is 6.54 Å². The molecule has 0 bridgehead atoms. The number of carbonyl (C=O) groups is 1. The summed E-state index contributed by atoms with van der Waals surface area (Å²) in [7, 11) is 0. The van der Waals surface area contributed by atoms with Crippen molar-refractivity contribution in [3.05, 3.63) is 73.6 Å². The van der Waals surface area contributed by atoms with Crippen LogP contribution in [0.1, 0.15) is 39.4 Å². The van der Waals surface area contributed by atoms with Gasteiger partial charge in [0.2, 0.25) is 0 Å². The molecule has 0 aliphatic carbocycles. The number of carbonyl (C=O) groups excluding carboxylic acids is 1. The van der Waals surface area contributed by atoms with Crippen molar-refractivity contribution in [2.24, 2.45) is 0 Å². The fourth-order valence-electron chi connectivity index (χ4n) is 4.04. The van der Waals surface area contributed by atoms with Crippen molar-refractivity contribution in [1.29, 1.82) is 0 Å². The Morgan fingerprint density at radius 3 is 2.85 bits per heavy atom. The summed E-state index contributed by atoms with van der Waals surface area (Å²) in [5.74, 6) is 0.106. The van der Waals surface area contributed by atoms with Gasteiger partial charge >= 0.3 is 0 Å². The molecule has 4 rings (SSSR count). The molecule has 1 unspecified atom stereocenters. The molecule has 0 spiro atoms. The molecule has 0 fully saturated rings. The summed E-state index contributed by atoms with van der Waals surface area (Å²) < 4.78 is 0. The predicted octanol–water partition coefficient (Wildman–Crippen LogP) is 3.85. The number of benzene rings is 1. The number of quaternary nitrogens is 1. The second-order valence-corrected chi connectivity index (χ2v) is 9.07. The topological polar surface area (TPSA) is 33.5 Å². The van der Waals surface area contributed by atoms with E-state index in [0.717, 1.165) is 30.6 Å². The Morgan fingerprint density at radius 1 is 1.19 bits per heavy atom. The largest absolute Gasteiger partial charge is 0.321 e. The van der Waals surface area contributed by atoms with Crippen LogP contribution in [-0.2, 0) is 17.6 Å². The molecule has 1 aromatic carbocycles. The molecule has 0 radical (unpaired) electrons. The molecule has 27 heavy (non-hydrogen) atoms. The number of fused-ring (bicyclic) bond motifs is 1. The fourth-order valence-corrected chi connectivity index (χ4v) is 5.86. The highest BCUT2D eigenvalue weighted by atomic mass is 32.1. The molecule has 2 atom stereocenters. The first kappa shape index (κ1) is 18.4. The van der Waals surface area contributed by atoms with Crippen LogP contribution in [-0.4, -0.2) is 19.0 Å². The van der Waals surface area contributed by atoms with Crippen LogP contribution in [0.25, 0.3) is 0 Å². The van der Waals surface area contributed by atoms with Gasteiger partial charge in [0.25, 0.3) is 5.91 Å². The molecule has 3 aromatic rings. The van der Waals surface area contributed by atoms with Crippen LogP contribution in [0.3, 0.4) is 0 Å². The van der Waals surface area contributed by atoms with Gasteiger partial charge in [-0.05, 0) is 47.4 Å². The summed E-state index contributed by atoms with van der Waals surface area (Å²) in [6.07, 6.45) is 1.98. The van der Waals surface area contributed by atoms with E-state index < -0.39 is 0 Å². The van der Waals surface area contributed by atoms with Crippen molar-refractivity contribution in [3.8, 4) is 0 Å². The molecule has 1 aliphatic rings. The number of thiophene rings is 2. The number of para-hydroxylation sites is 1. The van der Waals surface area contributed by atoms with Crippen LogP contribution in [0.15, 0.2) is 47.2 Å². The average Bonchev–Trinajstić information content (AvgIpc) is 3.34. The van der Waals surface area contributed by atoms with Crippen molar-refractivity contribution in [2.45, 2.75) is 32.7 Å². The van der Waals surface area contributed by atoms with Crippen molar-refractivity contribution in [3.63, 3.8) is 0 Å². The van der Waals surface area contributed by atoms with Crippen molar-refractivity contribution in [1.82, 2.24) is 0 Å². The Labute approximate surface area is 168 Å². The minimum Gasteiger partial charge on any atom is -0.321 e. The van der Waals surface area contributed by atoms with Crippen LogP contribution >= 0.6 is 22.7 Å². The summed E-state index contributed by atoms with van der Waals surface area (Å²) in [5, 5.41) is 7.53. The minimum atomic E-state index is 0.106. The number of nitrogens with one attached hydrogen (secondary N) is 2. The van der Waals surface area contributed by atoms with Crippen LogP contribution in [0.2, 0.25) is 0 Å². The zero-order chi connectivity index (χ0) is 18.8. The van der Waals surface area contributed by atoms with Crippen LogP contribution in [0.4, 0.5) is 5.69 Å². The quantitative estimate of drug-likeness (QED) is 0.674. The average molecular weight is 398 g/mol. The van der Waals surface area contributed by atoms with Gasteiger partial charge in [-0.1, -0.05) is 31.2 Å². The standard InChI is InChI=1S/C22H24N2OS2/c1-3-16-7-4-6-15(2)21(16)23-20(25)14-24-11-9-18-17(10-13-27-18)22(24)19-8-5-12-26-19/h4-8,10,12-13,22H,3,9,11,14H2,1-2H3,(H,23,25)/p+1/t22-/m0/s1. The van der Waals surface area contributed by atoms with E-state index in [9.17, 15) is 4.79 Å². The summed E-state index contributed by atoms with van der Waals surface area (Å²) in [6.45, 7) is 5.69. The van der Waals surface area contributed by atoms with Gasteiger partial charge in [0, 0.05) is 22.5 Å². The number of hydrogen-bond acceptors (Lipinski definition) is 3. The molecule has 1 amide bonds. The minimum absolute atomic E-state index is 0.106. The highest BCUT2D eigenvalue weighted by molar-refractivity contribution is 7.10. The first-order chi connectivity index (χ1) is 13.2. The molecular formula is C22H25N2OS2+. The van der Waals surface area contributed by atoms with Gasteiger partial charge in [0.15, 0.2) is 6.54 Å². The lowest BCUT2D eigenvalue weighted by atomic mass is 9.98. The SMILES string of the molecule is CCc1cccc(C)c1NC(=O)C[NH+]1CCc2sccc2[C@H]1c1cccs1. The maximum atomic E-state index is 12.9. The highest BCUT2D eigenvalue weighted by Crippen LogP contribution is 2.31. The Kier molecular flexibility index (Phi) is 5.43. The molecule has 3 nitrogen and oxygen atoms in total. The monoisotopic (exact) mass is 397 g/mol. The molecule has 1 aliphatic heterocycles. The van der Waals surface area contributed by atoms with E-state index in [2.05, 4.69) is 66.3 Å². The predicted molar refractivity (Wildman–Crippen MR) is 114 cm³/mol. The summed E-state index contributed by atoms with van der Waals surface area (Å²) in [5.41, 5.74) is 4.73. The fraction of sp³-hybridized carbons (Fsp3) is 0.318. The zero-order valence-corrected chi connectivity index (χ0v) is 17.4. The molecule has 140 valence electrons. The molecule has 0 saturated heterocycles. The lowest BCUT2D eigenvalue weighted by Crippen LogP contribution is -3.14. The smallest absolute Gasteiger partial charge is 0.279 e. The maximum absolute atomic E-state index is 12.9. The molecule has 2 N–H and O–H groups in total. The van der Waals surface area contributed by atoms with Crippen molar-refractivity contribution < 1.29 is 9.69 Å². The number of hydrogen-bond donors (Lipinski definition) is 2. The summed E-state index contributed by atoms with van der Waals surface area (Å²) >= 11 is 3.64. The van der Waals surface area contributed by atoms with Gasteiger partial charge in [-0.15, -0.1) is 22.7 Å². The van der Waals surface area contributed by atoms with Crippen LogP contribution in [0.5, 0.6) is 0 Å². The van der Waals surface area contributed by atoms with E-state index in [4.69, 9.17) is 0 Å². The van der Waals surface area contributed by atoms with Crippen LogP contribution < -0.4 is 10.2 Å². The second kappa shape index (κ2) is 7.97. The first-order valence-corrected chi connectivity index (χ1v) is 11.3. The lowest BCUT2D eigenvalue weighted by molar-refractivity contribution is -0.919. The van der Waals surface area contributed by atoms with Gasteiger partial charge in [-0.3, -0.25) is 4.79 Å². The van der Waals surface area contributed by atoms with Crippen molar-refractivity contribution >= 4 is 34.3 Å². The maximum Gasteiger partial charge on any atom is 0.279 e. The van der Waals surface area contributed by atoms with Gasteiger partial charge < -0.3 is 10.2 Å². The normalized spacial score (nSPS) is 18.9. The van der Waals surface area contributed by atoms with E-state index in [1.165, 1.54) is 25.8 Å². The van der Waals surface area contributed by atoms with E-state index in [1.807, 2.05) is 11.3 Å². The number of aryl methyl sites for hydroxylation is 2. The lowest BCUT2D eigenvalue weighted by Gasteiger charge is -2.32. The zero-order valence-electron chi connectivity index (χ0n) is 15.7. The van der Waals surface area contributed by atoms with E-state index >= 15 is 0 Å². The number of amides is 1. The third-order valence-electron chi connectivity index (χ3n) is 5.39.